The van der Waals surface area contributed by atoms with E-state index in [1.165, 1.54) is 30.2 Å². The van der Waals surface area contributed by atoms with Gasteiger partial charge in [-0.05, 0) is 54.4 Å². The molecule has 0 aromatic heterocycles. The van der Waals surface area contributed by atoms with E-state index in [0.29, 0.717) is 22.0 Å². The van der Waals surface area contributed by atoms with Crippen LogP contribution in [0, 0.1) is 6.92 Å². The molecule has 1 aliphatic rings. The van der Waals surface area contributed by atoms with Crippen molar-refractivity contribution in [1.29, 1.82) is 0 Å². The number of methoxy groups -OCH3 is 1. The highest BCUT2D eigenvalue weighted by Gasteiger charge is 2.47. The molecule has 3 aromatic rings. The zero-order valence-electron chi connectivity index (χ0n) is 17.4. The van der Waals surface area contributed by atoms with Crippen molar-refractivity contribution in [2.75, 3.05) is 12.0 Å². The second-order valence-electron chi connectivity index (χ2n) is 7.40. The lowest BCUT2D eigenvalue weighted by molar-refractivity contribution is -0.132. The molecule has 1 aliphatic heterocycles. The van der Waals surface area contributed by atoms with Crippen molar-refractivity contribution in [2.24, 2.45) is 0 Å². The topological polar surface area (TPSA) is 87.1 Å². The summed E-state index contributed by atoms with van der Waals surface area (Å²) in [6, 6.07) is 17.1. The Balaban J connectivity index is 2.02. The average molecular weight is 450 g/mol. The van der Waals surface area contributed by atoms with E-state index in [2.05, 4.69) is 0 Å². The number of aliphatic hydroxyl groups is 1. The second kappa shape index (κ2) is 8.40. The van der Waals surface area contributed by atoms with Crippen molar-refractivity contribution in [1.82, 2.24) is 0 Å². The standard InChI is InChI=1S/C25H20ClNO5/c1-14-6-3-4-9-19(14)27-22(15-7-5-8-17(28)12-15)21(24(30)25(27)31)23(29)18-13-16(26)10-11-20(18)32-2/h3-13,22,28-29H,1-2H3/b23-21+. The normalized spacial score (nSPS) is 17.6. The minimum absolute atomic E-state index is 0.0294. The first kappa shape index (κ1) is 21.5. The number of phenols is 1. The Kier molecular flexibility index (Phi) is 5.63. The maximum atomic E-state index is 13.2. The Bertz CT molecular complexity index is 1270. The fourth-order valence-electron chi connectivity index (χ4n) is 3.94. The summed E-state index contributed by atoms with van der Waals surface area (Å²) in [5.74, 6) is -1.77. The molecule has 32 heavy (non-hydrogen) atoms. The summed E-state index contributed by atoms with van der Waals surface area (Å²) in [5.41, 5.74) is 1.84. The Morgan fingerprint density at radius 2 is 1.78 bits per heavy atom. The fraction of sp³-hybridized carbons (Fsp3) is 0.120. The van der Waals surface area contributed by atoms with Crippen LogP contribution >= 0.6 is 11.6 Å². The third kappa shape index (κ3) is 3.59. The summed E-state index contributed by atoms with van der Waals surface area (Å²) in [6.07, 6.45) is 0. The van der Waals surface area contributed by atoms with Gasteiger partial charge in [0.1, 0.15) is 17.3 Å². The number of aryl methyl sites for hydroxylation is 1. The molecule has 4 rings (SSSR count). The van der Waals surface area contributed by atoms with Crippen LogP contribution in [0.4, 0.5) is 5.69 Å². The first-order valence-corrected chi connectivity index (χ1v) is 10.2. The summed E-state index contributed by atoms with van der Waals surface area (Å²) >= 11 is 6.12. The predicted octanol–water partition coefficient (Wildman–Crippen LogP) is 4.99. The van der Waals surface area contributed by atoms with Gasteiger partial charge in [-0.1, -0.05) is 41.9 Å². The van der Waals surface area contributed by atoms with Gasteiger partial charge in [-0.3, -0.25) is 14.5 Å². The van der Waals surface area contributed by atoms with Gasteiger partial charge in [-0.15, -0.1) is 0 Å². The minimum atomic E-state index is -0.966. The van der Waals surface area contributed by atoms with Crippen LogP contribution in [0.3, 0.4) is 0 Å². The van der Waals surface area contributed by atoms with Crippen molar-refractivity contribution in [3.63, 3.8) is 0 Å². The second-order valence-corrected chi connectivity index (χ2v) is 7.83. The number of Topliss-reactive ketones (excluding diaryl/α,β-unsaturated/α-hetero) is 1. The summed E-state index contributed by atoms with van der Waals surface area (Å²) in [4.78, 5) is 27.8. The molecule has 1 atom stereocenters. The molecule has 0 aliphatic carbocycles. The Morgan fingerprint density at radius 3 is 2.47 bits per heavy atom. The Morgan fingerprint density at radius 1 is 1.03 bits per heavy atom. The van der Waals surface area contributed by atoms with Crippen LogP contribution in [0.25, 0.3) is 5.76 Å². The molecule has 162 valence electrons. The van der Waals surface area contributed by atoms with E-state index < -0.39 is 23.5 Å². The third-order valence-electron chi connectivity index (χ3n) is 5.42. The van der Waals surface area contributed by atoms with E-state index in [1.807, 2.05) is 19.1 Å². The number of para-hydroxylation sites is 1. The molecule has 6 nitrogen and oxygen atoms in total. The van der Waals surface area contributed by atoms with Crippen molar-refractivity contribution in [3.8, 4) is 11.5 Å². The molecule has 1 saturated heterocycles. The lowest BCUT2D eigenvalue weighted by atomic mass is 9.94. The number of halogens is 1. The molecular weight excluding hydrogens is 430 g/mol. The van der Waals surface area contributed by atoms with Gasteiger partial charge in [0.2, 0.25) is 0 Å². The number of carbonyl (C=O) groups is 2. The number of aromatic hydroxyl groups is 1. The van der Waals surface area contributed by atoms with Crippen molar-refractivity contribution < 1.29 is 24.5 Å². The van der Waals surface area contributed by atoms with Gasteiger partial charge < -0.3 is 14.9 Å². The zero-order valence-corrected chi connectivity index (χ0v) is 18.1. The Hall–Kier alpha value is -3.77. The monoisotopic (exact) mass is 449 g/mol. The zero-order chi connectivity index (χ0) is 23.0. The maximum Gasteiger partial charge on any atom is 0.300 e. The molecule has 3 aromatic carbocycles. The molecule has 1 fully saturated rings. The van der Waals surface area contributed by atoms with Crippen molar-refractivity contribution in [3.05, 3.63) is 94.0 Å². The predicted molar refractivity (Wildman–Crippen MR) is 122 cm³/mol. The highest BCUT2D eigenvalue weighted by molar-refractivity contribution is 6.51. The number of ketones is 1. The first-order valence-electron chi connectivity index (χ1n) is 9.83. The molecule has 7 heteroatoms. The quantitative estimate of drug-likeness (QED) is 0.333. The number of aliphatic hydroxyl groups excluding tert-OH is 1. The molecule has 0 radical (unpaired) electrons. The molecule has 0 saturated carbocycles. The van der Waals surface area contributed by atoms with Gasteiger partial charge in [0.25, 0.3) is 11.7 Å². The minimum Gasteiger partial charge on any atom is -0.508 e. The van der Waals surface area contributed by atoms with Crippen LogP contribution in [-0.4, -0.2) is 29.0 Å². The van der Waals surface area contributed by atoms with Gasteiger partial charge in [-0.25, -0.2) is 0 Å². The van der Waals surface area contributed by atoms with E-state index >= 15 is 0 Å². The highest BCUT2D eigenvalue weighted by Crippen LogP contribution is 2.44. The van der Waals surface area contributed by atoms with Crippen molar-refractivity contribution >= 4 is 34.7 Å². The van der Waals surface area contributed by atoms with E-state index in [9.17, 15) is 19.8 Å². The van der Waals surface area contributed by atoms with Gasteiger partial charge in [0.05, 0.1) is 24.3 Å². The number of ether oxygens (including phenoxy) is 1. The van der Waals surface area contributed by atoms with E-state index in [1.54, 1.807) is 36.4 Å². The van der Waals surface area contributed by atoms with Crippen LogP contribution < -0.4 is 9.64 Å². The maximum absolute atomic E-state index is 13.2. The molecular formula is C25H20ClNO5. The number of nitrogens with zero attached hydrogens (tertiary/aromatic N) is 1. The van der Waals surface area contributed by atoms with Gasteiger partial charge in [0.15, 0.2) is 0 Å². The number of anilines is 1. The summed E-state index contributed by atoms with van der Waals surface area (Å²) < 4.78 is 5.33. The van der Waals surface area contributed by atoms with Crippen LogP contribution in [0.1, 0.15) is 22.7 Å². The molecule has 2 N–H and O–H groups in total. The molecule has 1 heterocycles. The summed E-state index contributed by atoms with van der Waals surface area (Å²) in [7, 11) is 1.43. The number of benzene rings is 3. The van der Waals surface area contributed by atoms with Crippen LogP contribution in [-0.2, 0) is 9.59 Å². The van der Waals surface area contributed by atoms with E-state index in [-0.39, 0.29) is 16.9 Å². The van der Waals surface area contributed by atoms with Gasteiger partial charge in [-0.2, -0.15) is 0 Å². The smallest absolute Gasteiger partial charge is 0.300 e. The number of hydrogen-bond acceptors (Lipinski definition) is 5. The number of rotatable bonds is 4. The third-order valence-corrected chi connectivity index (χ3v) is 5.66. The van der Waals surface area contributed by atoms with Crippen LogP contribution in [0.2, 0.25) is 5.02 Å². The molecule has 1 unspecified atom stereocenters. The largest absolute Gasteiger partial charge is 0.508 e. The lowest BCUT2D eigenvalue weighted by Crippen LogP contribution is -2.30. The van der Waals surface area contributed by atoms with Gasteiger partial charge >= 0.3 is 0 Å². The van der Waals surface area contributed by atoms with Crippen LogP contribution in [0.15, 0.2) is 72.3 Å². The number of carbonyl (C=O) groups excluding carboxylic acids is 2. The van der Waals surface area contributed by atoms with E-state index in [0.717, 1.165) is 5.56 Å². The molecule has 0 bridgehead atoms. The first-order chi connectivity index (χ1) is 15.3. The number of amides is 1. The van der Waals surface area contributed by atoms with Crippen molar-refractivity contribution in [2.45, 2.75) is 13.0 Å². The highest BCUT2D eigenvalue weighted by atomic mass is 35.5. The van der Waals surface area contributed by atoms with Crippen LogP contribution in [0.5, 0.6) is 11.5 Å². The Labute approximate surface area is 189 Å². The fourth-order valence-corrected chi connectivity index (χ4v) is 4.11. The van der Waals surface area contributed by atoms with E-state index in [4.69, 9.17) is 16.3 Å². The number of phenolic OH excluding ortho intramolecular Hbond substituents is 1. The number of hydrogen-bond donors (Lipinski definition) is 2. The molecule has 1 amide bonds. The van der Waals surface area contributed by atoms with Gasteiger partial charge in [0, 0.05) is 10.7 Å². The average Bonchev–Trinajstić information content (AvgIpc) is 3.04. The molecule has 0 spiro atoms. The SMILES string of the molecule is COc1ccc(Cl)cc1/C(O)=C1\C(=O)C(=O)N(c2ccccc2C)C1c1cccc(O)c1. The summed E-state index contributed by atoms with van der Waals surface area (Å²) in [5, 5.41) is 21.7. The lowest BCUT2D eigenvalue weighted by Gasteiger charge is -2.27. The summed E-state index contributed by atoms with van der Waals surface area (Å²) in [6.45, 7) is 1.83.